The van der Waals surface area contributed by atoms with E-state index in [1.165, 1.54) is 82.8 Å². The van der Waals surface area contributed by atoms with Crippen molar-refractivity contribution < 1.29 is 43.6 Å². The maximum absolute atomic E-state index is 12.1. The monoisotopic (exact) mass is 1300 g/mol. The average Bonchev–Trinajstić information content (AvgIpc) is 3.47. The van der Waals surface area contributed by atoms with Crippen LogP contribution in [-0.4, -0.2) is 131 Å². The minimum absolute atomic E-state index is 0. The lowest BCUT2D eigenvalue weighted by Crippen LogP contribution is -2.38. The number of halogens is 3. The second kappa shape index (κ2) is 76.0. The van der Waals surface area contributed by atoms with E-state index < -0.39 is 20.6 Å². The van der Waals surface area contributed by atoms with Crippen molar-refractivity contribution in [1.29, 1.82) is 0 Å². The Hall–Kier alpha value is -5.03. The quantitative estimate of drug-likeness (QED) is 0.0224. The number of nitro benzene ring substituents is 3. The van der Waals surface area contributed by atoms with E-state index in [1.54, 1.807) is 24.3 Å². The molecule has 0 bridgehead atoms. The lowest BCUT2D eigenvalue weighted by atomic mass is 10.2. The summed E-state index contributed by atoms with van der Waals surface area (Å²) in [5.74, 6) is 1.80. The minimum Gasteiger partial charge on any atom is -0.494 e. The summed E-state index contributed by atoms with van der Waals surface area (Å²) < 4.78 is 28.6. The topological polar surface area (TPSA) is 242 Å². The zero-order valence-electron chi connectivity index (χ0n) is 52.1. The van der Waals surface area contributed by atoms with Gasteiger partial charge in [0, 0.05) is 79.6 Å². The Morgan fingerprint density at radius 1 is 0.500 bits per heavy atom. The number of anilines is 1. The Morgan fingerprint density at radius 2 is 0.756 bits per heavy atom. The van der Waals surface area contributed by atoms with Gasteiger partial charge in [0.15, 0.2) is 0 Å². The van der Waals surface area contributed by atoms with Gasteiger partial charge in [-0.2, -0.15) is 0 Å². The summed E-state index contributed by atoms with van der Waals surface area (Å²) in [6.07, 6.45) is 7.93. The summed E-state index contributed by atoms with van der Waals surface area (Å²) in [7, 11) is 1.00. The number of nitrogens with zero attached hydrogens (tertiary/aromatic N) is 5. The van der Waals surface area contributed by atoms with Crippen LogP contribution in [-0.2, 0) is 0 Å². The Balaban J connectivity index is -0.000000131. The molecule has 0 aliphatic carbocycles. The molecule has 4 aromatic rings. The van der Waals surface area contributed by atoms with Crippen LogP contribution in [0.15, 0.2) is 97.1 Å². The van der Waals surface area contributed by atoms with Gasteiger partial charge in [0.1, 0.15) is 23.1 Å². The predicted molar refractivity (Wildman–Crippen MR) is 354 cm³/mol. The maximum Gasteiger partial charge on any atom is 0.269 e. The summed E-state index contributed by atoms with van der Waals surface area (Å²) in [5, 5.41) is 50.7. The largest absolute Gasteiger partial charge is 0.494 e. The Kier molecular flexibility index (Phi) is 86.5. The van der Waals surface area contributed by atoms with Crippen LogP contribution in [0.4, 0.5) is 27.1 Å². The lowest BCUT2D eigenvalue weighted by molar-refractivity contribution is -0.385. The SMILES string of the molecule is C.C1CNC1.CC.CC.CC.CC.CC.CC.CC.CO.Nc1ccc(OCCCN2CCC2)cc1.O=[N+]([O-])c1ccc(F)cc1.O=[N+]([O-])c1ccc(OCCCBr)cc1.O=[N+]([O-])c1ccc(OCCCN2CCC2)cc1.OCCCBr. The molecule has 0 radical (unpaired) electrons. The summed E-state index contributed by atoms with van der Waals surface area (Å²) in [5.41, 5.74) is 6.45. The van der Waals surface area contributed by atoms with Crippen LogP contribution < -0.4 is 25.3 Å². The van der Waals surface area contributed by atoms with E-state index in [0.29, 0.717) is 31.3 Å². The van der Waals surface area contributed by atoms with Gasteiger partial charge in [0.05, 0.1) is 34.6 Å². The molecule has 0 spiro atoms. The molecule has 18 nitrogen and oxygen atoms in total. The van der Waals surface area contributed by atoms with E-state index in [-0.39, 0.29) is 24.5 Å². The molecule has 3 heterocycles. The Bertz CT molecular complexity index is 1860. The molecule has 0 atom stereocenters. The number of non-ortho nitro benzene ring substituents is 3. The number of alkyl halides is 2. The highest BCUT2D eigenvalue weighted by molar-refractivity contribution is 9.09. The molecule has 0 aromatic heterocycles. The van der Waals surface area contributed by atoms with Crippen molar-refractivity contribution >= 4 is 54.6 Å². The van der Waals surface area contributed by atoms with Gasteiger partial charge in [-0.1, -0.05) is 136 Å². The first kappa shape index (κ1) is 93.4. The van der Waals surface area contributed by atoms with E-state index in [2.05, 4.69) is 47.0 Å². The molecule has 3 aliphatic heterocycles. The van der Waals surface area contributed by atoms with Crippen LogP contribution in [0.25, 0.3) is 0 Å². The summed E-state index contributed by atoms with van der Waals surface area (Å²) in [6, 6.07) is 24.2. The highest BCUT2D eigenvalue weighted by Crippen LogP contribution is 2.19. The average molecular weight is 1300 g/mol. The zero-order valence-corrected chi connectivity index (χ0v) is 55.3. The number of hydrogen-bond donors (Lipinski definition) is 4. The molecular formula is C61H112Br2FN7O11. The second-order valence-electron chi connectivity index (χ2n) is 14.4. The number of aliphatic hydroxyl groups is 2. The van der Waals surface area contributed by atoms with Gasteiger partial charge < -0.3 is 45.3 Å². The van der Waals surface area contributed by atoms with Crippen LogP contribution >= 0.6 is 31.9 Å². The van der Waals surface area contributed by atoms with Gasteiger partial charge in [0.25, 0.3) is 17.1 Å². The maximum atomic E-state index is 12.1. The van der Waals surface area contributed by atoms with Gasteiger partial charge in [-0.3, -0.25) is 30.3 Å². The van der Waals surface area contributed by atoms with E-state index in [0.717, 1.165) is 98.9 Å². The molecule has 0 unspecified atom stereocenters. The van der Waals surface area contributed by atoms with Gasteiger partial charge in [-0.15, -0.1) is 0 Å². The first-order chi connectivity index (χ1) is 39.4. The van der Waals surface area contributed by atoms with Crippen LogP contribution in [0.2, 0.25) is 0 Å². The third kappa shape index (κ3) is 58.2. The van der Waals surface area contributed by atoms with Crippen LogP contribution in [0, 0.1) is 36.2 Å². The molecule has 21 heteroatoms. The molecule has 0 amide bonds. The Morgan fingerprint density at radius 3 is 0.963 bits per heavy atom. The fraction of sp³-hybridized carbons (Fsp3) is 0.607. The van der Waals surface area contributed by atoms with Gasteiger partial charge >= 0.3 is 0 Å². The highest BCUT2D eigenvalue weighted by atomic mass is 79.9. The number of nitrogens with two attached hydrogens (primary N) is 1. The van der Waals surface area contributed by atoms with E-state index >= 15 is 0 Å². The molecule has 4 aromatic carbocycles. The third-order valence-corrected chi connectivity index (χ3v) is 10.4. The van der Waals surface area contributed by atoms with Gasteiger partial charge in [0.2, 0.25) is 0 Å². The molecule has 7 rings (SSSR count). The molecule has 478 valence electrons. The number of hydrogen-bond acceptors (Lipinski definition) is 15. The standard InChI is InChI=1S/C12H16N2O3.C12H18N2O.C9H10BrNO3.C6H4FNO2.C3H7BrO.C3H7N.7C2H6.CH4O.CH4/c15-14(16)11-3-5-12(6-4-11)17-10-2-9-13-7-1-8-13;13-11-3-5-12(6-4-11)15-10-2-9-14-7-1-8-14;10-6-1-7-14-9-4-2-8(3-5-9)11(12)13;7-5-1-3-6(4-2-5)8(9)10;4-2-1-3-5;1-2-4-3-1;8*1-2;/h3-6H,1-2,7-10H2;3-6H,1-2,7-10,13H2;2-5H,1,6-7H2;1-4H;5H,1-3H2;4H,1-3H2;7*1-2H3;2H,1H3;1H4. The molecule has 3 aliphatic rings. The van der Waals surface area contributed by atoms with E-state index in [9.17, 15) is 34.7 Å². The number of likely N-dealkylation sites (tertiary alicyclic amines) is 2. The third-order valence-electron chi connectivity index (χ3n) is 9.23. The van der Waals surface area contributed by atoms with Crippen LogP contribution in [0.3, 0.4) is 0 Å². The van der Waals surface area contributed by atoms with Crippen molar-refractivity contribution in [1.82, 2.24) is 15.1 Å². The number of nitrogens with one attached hydrogen (secondary N) is 1. The first-order valence-electron chi connectivity index (χ1n) is 28.9. The number of nitro groups is 3. The van der Waals surface area contributed by atoms with Crippen molar-refractivity contribution in [3.8, 4) is 17.2 Å². The summed E-state index contributed by atoms with van der Waals surface area (Å²) in [6.45, 7) is 40.0. The van der Waals surface area contributed by atoms with Crippen molar-refractivity contribution in [2.45, 2.75) is 149 Å². The van der Waals surface area contributed by atoms with Crippen molar-refractivity contribution in [3.63, 3.8) is 0 Å². The van der Waals surface area contributed by atoms with E-state index in [1.807, 2.05) is 121 Å². The number of benzene rings is 4. The van der Waals surface area contributed by atoms with Gasteiger partial charge in [-0.25, -0.2) is 4.39 Å². The number of aliphatic hydroxyl groups excluding tert-OH is 2. The molecule has 3 fully saturated rings. The molecule has 5 N–H and O–H groups in total. The Labute approximate surface area is 512 Å². The predicted octanol–water partition coefficient (Wildman–Crippen LogP) is 16.5. The number of ether oxygens (including phenoxy) is 3. The lowest BCUT2D eigenvalue weighted by Gasteiger charge is -2.30. The molecule has 82 heavy (non-hydrogen) atoms. The van der Waals surface area contributed by atoms with Crippen molar-refractivity contribution in [3.05, 3.63) is 133 Å². The highest BCUT2D eigenvalue weighted by Gasteiger charge is 2.13. The van der Waals surface area contributed by atoms with Crippen LogP contribution in [0.5, 0.6) is 17.2 Å². The second-order valence-corrected chi connectivity index (χ2v) is 15.9. The minimum atomic E-state index is -0.570. The van der Waals surface area contributed by atoms with Crippen molar-refractivity contribution in [2.24, 2.45) is 0 Å². The molecule has 3 saturated heterocycles. The summed E-state index contributed by atoms with van der Waals surface area (Å²) >= 11 is 6.43. The van der Waals surface area contributed by atoms with Crippen molar-refractivity contribution in [2.75, 3.05) is 102 Å². The first-order valence-corrected chi connectivity index (χ1v) is 31.2. The fourth-order valence-electron chi connectivity index (χ4n) is 5.10. The van der Waals surface area contributed by atoms with E-state index in [4.69, 9.17) is 30.2 Å². The normalized spacial score (nSPS) is 11.2. The number of rotatable bonds is 19. The molecule has 0 saturated carbocycles. The zero-order chi connectivity index (χ0) is 63.5. The van der Waals surface area contributed by atoms with Crippen LogP contribution in [0.1, 0.15) is 149 Å². The summed E-state index contributed by atoms with van der Waals surface area (Å²) in [4.78, 5) is 34.2. The number of nitrogen functional groups attached to an aromatic ring is 1. The van der Waals surface area contributed by atoms with Gasteiger partial charge in [-0.05, 0) is 145 Å². The molecular weight excluding hydrogens is 1190 g/mol. The fourth-order valence-corrected chi connectivity index (χ4v) is 5.58. The smallest absolute Gasteiger partial charge is 0.269 e.